The van der Waals surface area contributed by atoms with E-state index in [2.05, 4.69) is 0 Å². The Morgan fingerprint density at radius 3 is 2.00 bits per heavy atom. The number of anilines is 3. The quantitative estimate of drug-likeness (QED) is 0.153. The summed E-state index contributed by atoms with van der Waals surface area (Å²) in [5, 5.41) is 0.923. The van der Waals surface area contributed by atoms with E-state index in [4.69, 9.17) is 36.9 Å². The highest BCUT2D eigenvalue weighted by Gasteiger charge is 2.23. The highest BCUT2D eigenvalue weighted by atomic mass is 32.1. The Bertz CT molecular complexity index is 5030. The summed E-state index contributed by atoms with van der Waals surface area (Å²) in [7, 11) is 0. The fraction of sp³-hybridized carbons (Fsp3) is 0. The van der Waals surface area contributed by atoms with Crippen LogP contribution in [0.2, 0.25) is 0 Å². The Labute approximate surface area is 402 Å². The molecule has 63 heavy (non-hydrogen) atoms. The van der Waals surface area contributed by atoms with Gasteiger partial charge in [-0.05, 0) is 87.9 Å². The summed E-state index contributed by atoms with van der Waals surface area (Å²) in [4.78, 5) is 15.6. The van der Waals surface area contributed by atoms with Crippen molar-refractivity contribution in [3.05, 3.63) is 224 Å². The molecule has 0 N–H and O–H groups in total. The van der Waals surface area contributed by atoms with Gasteiger partial charge >= 0.3 is 0 Å². The molecule has 0 saturated heterocycles. The summed E-state index contributed by atoms with van der Waals surface area (Å²) in [6, 6.07) is 2.47. The van der Waals surface area contributed by atoms with E-state index in [1.807, 2.05) is 48.5 Å². The summed E-state index contributed by atoms with van der Waals surface area (Å²) in [6.07, 6.45) is 0. The molecule has 3 heterocycles. The molecule has 0 aliphatic carbocycles. The maximum atomic E-state index is 10.0. The number of benzene rings is 9. The second-order valence-electron chi connectivity index (χ2n) is 13.8. The van der Waals surface area contributed by atoms with Gasteiger partial charge in [0.1, 0.15) is 0 Å². The Morgan fingerprint density at radius 1 is 0.444 bits per heavy atom. The van der Waals surface area contributed by atoms with Gasteiger partial charge in [-0.2, -0.15) is 15.0 Å². The van der Waals surface area contributed by atoms with Gasteiger partial charge in [0.25, 0.3) is 0 Å². The zero-order chi connectivity index (χ0) is 62.6. The van der Waals surface area contributed by atoms with Gasteiger partial charge in [0.05, 0.1) is 43.9 Å². The first-order valence-corrected chi connectivity index (χ1v) is 20.0. The predicted molar refractivity (Wildman–Crippen MR) is 263 cm³/mol. The minimum Gasteiger partial charge on any atom is -0.279 e. The van der Waals surface area contributed by atoms with Crippen molar-refractivity contribution in [2.24, 2.45) is 0 Å². The summed E-state index contributed by atoms with van der Waals surface area (Å²) in [5.74, 6) is -1.74. The van der Waals surface area contributed by atoms with E-state index in [9.17, 15) is 11.0 Å². The van der Waals surface area contributed by atoms with Gasteiger partial charge in [0, 0.05) is 47.9 Å². The highest BCUT2D eigenvalue weighted by molar-refractivity contribution is 7.25. The van der Waals surface area contributed by atoms with Crippen LogP contribution in [0.1, 0.15) is 32.9 Å². The first-order chi connectivity index (χ1) is 41.2. The molecule has 0 spiro atoms. The summed E-state index contributed by atoms with van der Waals surface area (Å²) in [6.45, 7) is 0. The number of hydrogen-bond donors (Lipinski definition) is 0. The van der Waals surface area contributed by atoms with Gasteiger partial charge in [0.2, 0.25) is 11.9 Å². The third-order valence-corrected chi connectivity index (χ3v) is 11.3. The number of aromatic nitrogens is 4. The van der Waals surface area contributed by atoms with E-state index in [1.165, 1.54) is 0 Å². The van der Waals surface area contributed by atoms with Crippen molar-refractivity contribution in [2.45, 2.75) is 0 Å². The molecule has 0 saturated carbocycles. The standard InChI is InChI=1S/C57H37N5S/c1-4-17-38(18-5-1)40-21-15-26-45(36-40)61(44-24-8-3-9-25-44)56-58-55(43-23-14-22-42(35-43)46-29-16-32-53-54(46)49-28-11-13-31-52(49)63-53)59-57(60-56)62-50-30-12-10-27-47(50)48-34-33-41(37-51(48)62)39-19-6-2-7-20-39/h1-37H/i1D,2D,3D,4D,5D,6D,7D,8D,9D,10D,12D,15D,17D,18D,19D,20D,21D,24D,27D,30D,33D,34D,36D,37D. The summed E-state index contributed by atoms with van der Waals surface area (Å²) in [5.41, 5.74) is -3.43. The predicted octanol–water partition coefficient (Wildman–Crippen LogP) is 15.5. The molecule has 5 nitrogen and oxygen atoms in total. The van der Waals surface area contributed by atoms with E-state index < -0.39 is 212 Å². The van der Waals surface area contributed by atoms with Crippen molar-refractivity contribution in [3.8, 4) is 50.7 Å². The van der Waals surface area contributed by atoms with E-state index in [-0.39, 0.29) is 11.4 Å². The molecule has 0 atom stereocenters. The lowest BCUT2D eigenvalue weighted by atomic mass is 9.98. The first-order valence-electron chi connectivity index (χ1n) is 31.1. The second kappa shape index (κ2) is 15.4. The molecule has 0 amide bonds. The fourth-order valence-corrected chi connectivity index (χ4v) is 8.60. The third kappa shape index (κ3) is 6.52. The Kier molecular flexibility index (Phi) is 4.80. The van der Waals surface area contributed by atoms with Gasteiger partial charge in [-0.25, -0.2) is 0 Å². The summed E-state index contributed by atoms with van der Waals surface area (Å²) >= 11 is 1.57. The number of rotatable bonds is 8. The van der Waals surface area contributed by atoms with E-state index in [0.717, 1.165) is 47.3 Å². The van der Waals surface area contributed by atoms with Crippen LogP contribution in [-0.4, -0.2) is 19.5 Å². The molecule has 0 bridgehead atoms. The van der Waals surface area contributed by atoms with Crippen molar-refractivity contribution in [3.63, 3.8) is 0 Å². The molecular weight excluding hydrogens is 787 g/mol. The van der Waals surface area contributed by atoms with Crippen molar-refractivity contribution in [2.75, 3.05) is 4.90 Å². The van der Waals surface area contributed by atoms with Crippen LogP contribution < -0.4 is 4.90 Å². The Morgan fingerprint density at radius 2 is 1.13 bits per heavy atom. The van der Waals surface area contributed by atoms with Gasteiger partial charge in [-0.3, -0.25) is 9.47 Å². The number of para-hydroxylation sites is 2. The van der Waals surface area contributed by atoms with Crippen molar-refractivity contribution in [1.82, 2.24) is 19.5 Å². The first kappa shape index (κ1) is 19.7. The van der Waals surface area contributed by atoms with E-state index in [0.29, 0.717) is 5.56 Å². The molecule has 0 aliphatic rings. The Balaban J connectivity index is 1.27. The second-order valence-corrected chi connectivity index (χ2v) is 14.9. The SMILES string of the molecule is [2H]c1cc(N(c2nc(-c3cccc(-c4cccc5sc6ccccc6c45)c3)nc(-n3c4c([2H])c([2H])c([2H])c([2H])c4c4c([2H])c([2H])c(-c5c([2H])c([2H])c([2H])c([2H])c5[2H])c([2H])c43)n2)c2cc([2H])c([2H])c(-c3c([2H])c([2H])c([2H])c([2H])c3[2H])c2[2H])c([2H])c([2H])c1[2H]. The van der Waals surface area contributed by atoms with Crippen molar-refractivity contribution in [1.29, 1.82) is 0 Å². The maximum absolute atomic E-state index is 10.0. The molecule has 296 valence electrons. The van der Waals surface area contributed by atoms with Crippen LogP contribution in [0.15, 0.2) is 224 Å². The minimum atomic E-state index is -0.869. The molecule has 0 unspecified atom stereocenters. The molecule has 9 aromatic carbocycles. The van der Waals surface area contributed by atoms with Crippen molar-refractivity contribution >= 4 is 70.6 Å². The van der Waals surface area contributed by atoms with Crippen molar-refractivity contribution < 1.29 is 32.9 Å². The minimum absolute atomic E-state index is 0.167. The number of thiophene rings is 1. The van der Waals surface area contributed by atoms with Gasteiger partial charge in [-0.15, -0.1) is 11.3 Å². The smallest absolute Gasteiger partial charge is 0.240 e. The molecule has 0 aliphatic heterocycles. The molecule has 12 aromatic rings. The number of hydrogen-bond acceptors (Lipinski definition) is 5. The lowest BCUT2D eigenvalue weighted by Gasteiger charge is -2.24. The van der Waals surface area contributed by atoms with Crippen LogP contribution in [0.4, 0.5) is 17.3 Å². The molecule has 6 heteroatoms. The lowest BCUT2D eigenvalue weighted by molar-refractivity contribution is 0.933. The van der Waals surface area contributed by atoms with Crippen LogP contribution in [0.5, 0.6) is 0 Å². The topological polar surface area (TPSA) is 46.8 Å². The Hall–Kier alpha value is -8.19. The molecule has 3 aromatic heterocycles. The average Bonchev–Trinajstić information content (AvgIpc) is 1.59. The maximum Gasteiger partial charge on any atom is 0.240 e. The number of nitrogens with zero attached hydrogens (tertiary/aromatic N) is 5. The largest absolute Gasteiger partial charge is 0.279 e. The number of fused-ring (bicyclic) bond motifs is 6. The average molecular weight is 848 g/mol. The van der Waals surface area contributed by atoms with E-state index >= 15 is 0 Å². The van der Waals surface area contributed by atoms with Crippen LogP contribution in [0.3, 0.4) is 0 Å². The molecule has 0 radical (unpaired) electrons. The lowest BCUT2D eigenvalue weighted by Crippen LogP contribution is -2.16. The molecule has 12 rings (SSSR count). The molecular formula is C57H37N5S. The molecule has 0 fully saturated rings. The van der Waals surface area contributed by atoms with E-state index in [1.54, 1.807) is 29.5 Å². The van der Waals surface area contributed by atoms with Gasteiger partial charge in [-0.1, -0.05) is 169 Å². The third-order valence-electron chi connectivity index (χ3n) is 10.2. The van der Waals surface area contributed by atoms with Crippen LogP contribution in [-0.2, 0) is 0 Å². The van der Waals surface area contributed by atoms with Crippen LogP contribution in [0, 0.1) is 0 Å². The summed E-state index contributed by atoms with van der Waals surface area (Å²) < 4.78 is 219. The van der Waals surface area contributed by atoms with Gasteiger partial charge < -0.3 is 0 Å². The normalized spacial score (nSPS) is 16.8. The zero-order valence-electron chi connectivity index (χ0n) is 56.1. The van der Waals surface area contributed by atoms with Crippen LogP contribution >= 0.6 is 11.3 Å². The fourth-order valence-electron chi connectivity index (χ4n) is 7.47. The highest BCUT2D eigenvalue weighted by Crippen LogP contribution is 2.42. The zero-order valence-corrected chi connectivity index (χ0v) is 33.0. The van der Waals surface area contributed by atoms with Crippen LogP contribution in [0.25, 0.3) is 92.7 Å². The van der Waals surface area contributed by atoms with Gasteiger partial charge in [0.15, 0.2) is 5.82 Å². The monoisotopic (exact) mass is 847 g/mol.